The van der Waals surface area contributed by atoms with Gasteiger partial charge in [0.1, 0.15) is 12.6 Å². The van der Waals surface area contributed by atoms with E-state index >= 15 is 0 Å². The number of carbonyl (C=O) groups excluding carboxylic acids is 1. The monoisotopic (exact) mass is 442 g/mol. The molecule has 11 heteroatoms. The summed E-state index contributed by atoms with van der Waals surface area (Å²) in [6.07, 6.45) is 4.54. The second kappa shape index (κ2) is 9.15. The van der Waals surface area contributed by atoms with Crippen LogP contribution >= 0.6 is 11.6 Å². The lowest BCUT2D eigenvalue weighted by Crippen LogP contribution is -3.00. The Morgan fingerprint density at radius 1 is 1.28 bits per heavy atom. The van der Waals surface area contributed by atoms with E-state index in [-0.39, 0.29) is 46.9 Å². The number of fused-ring (bicyclic) bond motifs is 3. The third kappa shape index (κ3) is 5.29. The summed E-state index contributed by atoms with van der Waals surface area (Å²) in [6, 6.07) is 0.0896. The van der Waals surface area contributed by atoms with Gasteiger partial charge in [-0.25, -0.2) is 15.0 Å². The van der Waals surface area contributed by atoms with E-state index < -0.39 is 5.91 Å². The molecule has 0 aliphatic carbocycles. The highest BCUT2D eigenvalue weighted by Gasteiger charge is 2.45. The van der Waals surface area contributed by atoms with Crippen LogP contribution in [0.1, 0.15) is 37.2 Å². The van der Waals surface area contributed by atoms with Crippen molar-refractivity contribution in [3.8, 4) is 0 Å². The quantitative estimate of drug-likeness (QED) is 0.182. The number of nitrogens with two attached hydrogens (primary N) is 3. The molecule has 0 saturated carbocycles. The Balaban J connectivity index is 0.00000300. The zero-order valence-corrected chi connectivity index (χ0v) is 18.2. The highest BCUT2D eigenvalue weighted by Crippen LogP contribution is 2.35. The van der Waals surface area contributed by atoms with Gasteiger partial charge in [0.25, 0.3) is 5.91 Å². The number of nitrogen functional groups attached to an aromatic ring is 2. The number of quaternary nitrogens is 1. The van der Waals surface area contributed by atoms with Crippen LogP contribution in [0.25, 0.3) is 0 Å². The number of guanidine groups is 1. The van der Waals surface area contributed by atoms with E-state index in [0.29, 0.717) is 5.92 Å². The molecule has 0 radical (unpaired) electrons. The van der Waals surface area contributed by atoms with Gasteiger partial charge < -0.3 is 34.1 Å². The number of nitrogens with zero attached hydrogens (tertiary/aromatic N) is 4. The molecule has 1 amide bonds. The average Bonchev–Trinajstić information content (AvgIpc) is 2.64. The normalized spacial score (nSPS) is 25.8. The van der Waals surface area contributed by atoms with Gasteiger partial charge in [0.05, 0.1) is 19.6 Å². The third-order valence-electron chi connectivity index (χ3n) is 5.62. The van der Waals surface area contributed by atoms with Crippen LogP contribution in [-0.4, -0.2) is 58.5 Å². The highest BCUT2D eigenvalue weighted by molar-refractivity contribution is 6.31. The van der Waals surface area contributed by atoms with E-state index in [1.54, 1.807) is 0 Å². The van der Waals surface area contributed by atoms with Gasteiger partial charge in [0.15, 0.2) is 28.4 Å². The van der Waals surface area contributed by atoms with Crippen molar-refractivity contribution < 1.29 is 21.7 Å². The minimum atomic E-state index is -0.608. The predicted molar refractivity (Wildman–Crippen MR) is 111 cm³/mol. The first kappa shape index (κ1) is 23.2. The number of aromatic nitrogens is 2. The maximum absolute atomic E-state index is 12.4. The number of allylic oxidation sites excluding steroid dienone is 1. The minimum Gasteiger partial charge on any atom is -1.00 e. The number of nitrogens with one attached hydrogen (secondary N) is 1. The van der Waals surface area contributed by atoms with Crippen molar-refractivity contribution in [2.24, 2.45) is 16.6 Å². The van der Waals surface area contributed by atoms with E-state index in [4.69, 9.17) is 28.8 Å². The summed E-state index contributed by atoms with van der Waals surface area (Å²) in [7, 11) is 0. The van der Waals surface area contributed by atoms with Crippen LogP contribution < -0.4 is 34.9 Å². The molecule has 0 aromatic carbocycles. The fourth-order valence-electron chi connectivity index (χ4n) is 4.02. The fraction of sp³-hybridized carbons (Fsp3) is 0.556. The average molecular weight is 443 g/mol. The van der Waals surface area contributed by atoms with E-state index in [1.165, 1.54) is 18.7 Å². The molecule has 2 bridgehead atoms. The Bertz CT molecular complexity index is 829. The zero-order valence-electron chi connectivity index (χ0n) is 16.7. The molecule has 3 fully saturated rings. The van der Waals surface area contributed by atoms with Crippen LogP contribution in [0.3, 0.4) is 0 Å². The third-order valence-corrected chi connectivity index (χ3v) is 5.90. The first-order valence-electron chi connectivity index (χ1n) is 9.41. The second-order valence-corrected chi connectivity index (χ2v) is 8.30. The molecular formula is C18H28Cl2N8O. The minimum absolute atomic E-state index is 0. The molecule has 160 valence electrons. The lowest BCUT2D eigenvalue weighted by molar-refractivity contribution is -0.938. The molecule has 0 unspecified atom stereocenters. The van der Waals surface area contributed by atoms with Crippen LogP contribution in [-0.2, 0) is 0 Å². The van der Waals surface area contributed by atoms with E-state index in [0.717, 1.165) is 30.4 Å². The SMILES string of the molecule is CC(C)=CC[N+]12CCC(CC1)[C@H](N=C(N)NC(=O)c1nc(Cl)c(N)nc1N)C2.[Cl-]. The second-order valence-electron chi connectivity index (χ2n) is 7.94. The Labute approximate surface area is 181 Å². The first-order chi connectivity index (χ1) is 13.2. The van der Waals surface area contributed by atoms with Crippen LogP contribution in [0.15, 0.2) is 16.6 Å². The number of halogens is 2. The van der Waals surface area contributed by atoms with Crippen molar-refractivity contribution in [2.45, 2.75) is 32.7 Å². The summed E-state index contributed by atoms with van der Waals surface area (Å²) in [5.41, 5.74) is 18.5. The Kier molecular flexibility index (Phi) is 7.31. The van der Waals surface area contributed by atoms with Gasteiger partial charge in [-0.15, -0.1) is 0 Å². The fourth-order valence-corrected chi connectivity index (χ4v) is 4.15. The maximum atomic E-state index is 12.4. The first-order valence-corrected chi connectivity index (χ1v) is 9.78. The Hall–Kier alpha value is -2.10. The number of hydrogen-bond acceptors (Lipinski definition) is 6. The van der Waals surface area contributed by atoms with Gasteiger partial charge in [0.2, 0.25) is 0 Å². The lowest BCUT2D eigenvalue weighted by atomic mass is 9.82. The number of piperidine rings is 3. The highest BCUT2D eigenvalue weighted by atomic mass is 35.5. The van der Waals surface area contributed by atoms with Crippen molar-refractivity contribution >= 4 is 35.1 Å². The number of amides is 1. The van der Waals surface area contributed by atoms with Gasteiger partial charge in [-0.2, -0.15) is 0 Å². The molecule has 9 nitrogen and oxygen atoms in total. The summed E-state index contributed by atoms with van der Waals surface area (Å²) in [5, 5.41) is 2.46. The number of anilines is 2. The molecule has 29 heavy (non-hydrogen) atoms. The molecule has 1 aromatic rings. The molecule has 7 N–H and O–H groups in total. The van der Waals surface area contributed by atoms with Gasteiger partial charge in [-0.05, 0) is 25.8 Å². The molecule has 3 aliphatic heterocycles. The summed E-state index contributed by atoms with van der Waals surface area (Å²) in [5.74, 6) is -0.199. The Morgan fingerprint density at radius 2 is 1.93 bits per heavy atom. The van der Waals surface area contributed by atoms with Gasteiger partial charge in [-0.1, -0.05) is 17.2 Å². The smallest absolute Gasteiger partial charge is 0.280 e. The van der Waals surface area contributed by atoms with Crippen LogP contribution in [0.4, 0.5) is 11.6 Å². The van der Waals surface area contributed by atoms with Crippen LogP contribution in [0.2, 0.25) is 5.15 Å². The molecule has 3 aliphatic rings. The number of aliphatic imine (C=N–C) groups is 1. The largest absolute Gasteiger partial charge is 1.00 e. The van der Waals surface area contributed by atoms with Crippen molar-refractivity contribution in [3.63, 3.8) is 0 Å². The van der Waals surface area contributed by atoms with E-state index in [1.807, 2.05) is 0 Å². The lowest BCUT2D eigenvalue weighted by Gasteiger charge is -2.51. The standard InChI is InChI=1S/C18H27ClN8O.ClH/c1-10(2)3-6-27-7-4-11(5-8-27)12(9-27)23-18(22)26-17(28)13-15(20)25-16(21)14(19)24-13;/h3,11-12H,4-9H2,1-2H3,(H6-,20,21,22,23,25,26,28);1H/t11?,12-,27?;/m1./s1. The number of rotatable bonds is 4. The molecule has 1 atom stereocenters. The summed E-state index contributed by atoms with van der Waals surface area (Å²) in [6.45, 7) is 8.53. The molecule has 3 saturated heterocycles. The Morgan fingerprint density at radius 3 is 2.55 bits per heavy atom. The molecule has 4 rings (SSSR count). The van der Waals surface area contributed by atoms with Crippen LogP contribution in [0.5, 0.6) is 0 Å². The van der Waals surface area contributed by atoms with E-state index in [2.05, 4.69) is 40.2 Å². The van der Waals surface area contributed by atoms with Gasteiger partial charge in [-0.3, -0.25) is 10.1 Å². The molecule has 0 spiro atoms. The van der Waals surface area contributed by atoms with Crippen molar-refractivity contribution in [3.05, 3.63) is 22.5 Å². The van der Waals surface area contributed by atoms with E-state index in [9.17, 15) is 4.79 Å². The predicted octanol–water partition coefficient (Wildman–Crippen LogP) is -2.08. The number of carbonyl (C=O) groups is 1. The summed E-state index contributed by atoms with van der Waals surface area (Å²) >= 11 is 5.83. The summed E-state index contributed by atoms with van der Waals surface area (Å²) < 4.78 is 1.03. The topological polar surface area (TPSA) is 145 Å². The number of hydrogen-bond donors (Lipinski definition) is 4. The van der Waals surface area contributed by atoms with Crippen molar-refractivity contribution in [2.75, 3.05) is 37.6 Å². The van der Waals surface area contributed by atoms with Crippen molar-refractivity contribution in [1.29, 1.82) is 0 Å². The molecule has 1 aromatic heterocycles. The van der Waals surface area contributed by atoms with Crippen molar-refractivity contribution in [1.82, 2.24) is 15.3 Å². The molecular weight excluding hydrogens is 415 g/mol. The van der Waals surface area contributed by atoms with Crippen LogP contribution in [0, 0.1) is 5.92 Å². The zero-order chi connectivity index (χ0) is 20.5. The summed E-state index contributed by atoms with van der Waals surface area (Å²) in [4.78, 5) is 24.7. The maximum Gasteiger partial charge on any atom is 0.280 e. The van der Waals surface area contributed by atoms with Gasteiger partial charge >= 0.3 is 0 Å². The van der Waals surface area contributed by atoms with Gasteiger partial charge in [0, 0.05) is 12.8 Å². The molecule has 4 heterocycles.